The first kappa shape index (κ1) is 21.9. The van der Waals surface area contributed by atoms with Gasteiger partial charge in [0.15, 0.2) is 0 Å². The van der Waals surface area contributed by atoms with Gasteiger partial charge >= 0.3 is 6.18 Å². The molecule has 0 aliphatic heterocycles. The molecule has 0 radical (unpaired) electrons. The monoisotopic (exact) mass is 457 g/mol. The van der Waals surface area contributed by atoms with Crippen molar-refractivity contribution in [3.63, 3.8) is 0 Å². The van der Waals surface area contributed by atoms with Crippen molar-refractivity contribution >= 4 is 34.0 Å². The van der Waals surface area contributed by atoms with Gasteiger partial charge in [-0.2, -0.15) is 13.2 Å². The summed E-state index contributed by atoms with van der Waals surface area (Å²) in [7, 11) is 1.46. The summed E-state index contributed by atoms with van der Waals surface area (Å²) in [5, 5.41) is 10.5. The second kappa shape index (κ2) is 8.92. The number of aryl methyl sites for hydroxylation is 2. The largest absolute Gasteiger partial charge is 0.494 e. The molecule has 0 saturated carbocycles. The molecule has 30 heavy (non-hydrogen) atoms. The van der Waals surface area contributed by atoms with E-state index in [9.17, 15) is 18.0 Å². The Bertz CT molecular complexity index is 1070. The number of rotatable bonds is 6. The molecule has 0 atom stereocenters. The molecule has 0 unspecified atom stereocenters. The Morgan fingerprint density at radius 1 is 1.20 bits per heavy atom. The highest BCUT2D eigenvalue weighted by molar-refractivity contribution is 7.15. The van der Waals surface area contributed by atoms with Crippen LogP contribution in [0.15, 0.2) is 24.5 Å². The zero-order chi connectivity index (χ0) is 21.9. The molecule has 1 N–H and O–H groups in total. The molecular weight excluding hydrogens is 443 g/mol. The van der Waals surface area contributed by atoms with E-state index in [1.165, 1.54) is 19.5 Å². The number of carbonyl (C=O) groups is 1. The number of halogens is 4. The lowest BCUT2D eigenvalue weighted by Gasteiger charge is -2.13. The van der Waals surface area contributed by atoms with E-state index in [0.29, 0.717) is 22.6 Å². The van der Waals surface area contributed by atoms with Crippen molar-refractivity contribution in [2.75, 3.05) is 12.4 Å². The molecule has 3 heterocycles. The fraction of sp³-hybridized carbons (Fsp3) is 0.278. The Morgan fingerprint density at radius 2 is 1.97 bits per heavy atom. The van der Waals surface area contributed by atoms with Gasteiger partial charge < -0.3 is 4.74 Å². The molecule has 12 heteroatoms. The van der Waals surface area contributed by atoms with Crippen LogP contribution in [-0.4, -0.2) is 39.4 Å². The molecular formula is C18H15ClF3N5O2S. The number of pyridine rings is 2. The van der Waals surface area contributed by atoms with Crippen LogP contribution < -0.4 is 10.1 Å². The summed E-state index contributed by atoms with van der Waals surface area (Å²) >= 11 is 6.89. The summed E-state index contributed by atoms with van der Waals surface area (Å²) in [5.41, 5.74) is 1.90. The summed E-state index contributed by atoms with van der Waals surface area (Å²) in [6.07, 6.45) is -2.78. The number of ether oxygens (including phenoxy) is 1. The minimum Gasteiger partial charge on any atom is -0.494 e. The van der Waals surface area contributed by atoms with Crippen molar-refractivity contribution in [3.8, 4) is 16.9 Å². The van der Waals surface area contributed by atoms with Gasteiger partial charge in [0.1, 0.15) is 15.9 Å². The molecule has 7 nitrogen and oxygen atoms in total. The van der Waals surface area contributed by atoms with Crippen LogP contribution in [0.25, 0.3) is 11.1 Å². The predicted octanol–water partition coefficient (Wildman–Crippen LogP) is 4.71. The van der Waals surface area contributed by atoms with E-state index in [1.807, 2.05) is 0 Å². The van der Waals surface area contributed by atoms with Crippen LogP contribution in [0.5, 0.6) is 5.75 Å². The smallest absolute Gasteiger partial charge is 0.389 e. The van der Waals surface area contributed by atoms with Crippen LogP contribution in [0, 0.1) is 6.92 Å². The first-order chi connectivity index (χ1) is 14.2. The predicted molar refractivity (Wildman–Crippen MR) is 106 cm³/mol. The zero-order valence-corrected chi connectivity index (χ0v) is 17.3. The van der Waals surface area contributed by atoms with E-state index in [2.05, 4.69) is 25.5 Å². The van der Waals surface area contributed by atoms with Crippen molar-refractivity contribution in [2.45, 2.75) is 25.9 Å². The van der Waals surface area contributed by atoms with E-state index in [4.69, 9.17) is 16.3 Å². The highest BCUT2D eigenvalue weighted by Crippen LogP contribution is 2.34. The number of aromatic nitrogens is 4. The van der Waals surface area contributed by atoms with Gasteiger partial charge in [-0.15, -0.1) is 10.2 Å². The van der Waals surface area contributed by atoms with Gasteiger partial charge in [0, 0.05) is 35.9 Å². The van der Waals surface area contributed by atoms with Crippen LogP contribution in [0.1, 0.15) is 27.5 Å². The molecule has 0 aliphatic rings. The second-order valence-corrected chi connectivity index (χ2v) is 7.60. The normalized spacial score (nSPS) is 11.4. The fourth-order valence-electron chi connectivity index (χ4n) is 2.57. The molecule has 0 saturated heterocycles. The van der Waals surface area contributed by atoms with Gasteiger partial charge in [0.05, 0.1) is 18.9 Å². The molecule has 3 aromatic heterocycles. The number of hydrogen-bond donors (Lipinski definition) is 1. The van der Waals surface area contributed by atoms with Crippen LogP contribution in [0.3, 0.4) is 0 Å². The maximum Gasteiger partial charge on any atom is 0.389 e. The summed E-state index contributed by atoms with van der Waals surface area (Å²) in [5.74, 6) is -0.143. The quantitative estimate of drug-likeness (QED) is 0.539. The van der Waals surface area contributed by atoms with Gasteiger partial charge in [0.25, 0.3) is 5.91 Å². The third-order valence-electron chi connectivity index (χ3n) is 3.94. The number of hydrogen-bond acceptors (Lipinski definition) is 7. The third-order valence-corrected chi connectivity index (χ3v) is 5.04. The standard InChI is InChI=1S/C18H15ClF3N5O2S/c1-9-5-10(11-6-14(19)24-8-13(11)29-2)12(7-23-9)16(28)25-17-27-26-15(30-17)3-4-18(20,21)22/h5-8H,3-4H2,1-2H3,(H,25,27,28). The lowest BCUT2D eigenvalue weighted by Crippen LogP contribution is -2.14. The lowest BCUT2D eigenvalue weighted by molar-refractivity contribution is -0.134. The molecule has 3 rings (SSSR count). The number of amides is 1. The molecule has 158 valence electrons. The van der Waals surface area contributed by atoms with E-state index in [-0.39, 0.29) is 27.3 Å². The maximum atomic E-state index is 12.8. The number of methoxy groups -OCH3 is 1. The Balaban J connectivity index is 1.88. The molecule has 0 fully saturated rings. The zero-order valence-electron chi connectivity index (χ0n) is 15.7. The Labute approximate surface area is 178 Å². The molecule has 0 aliphatic carbocycles. The Hall–Kier alpha value is -2.79. The Morgan fingerprint density at radius 3 is 2.67 bits per heavy atom. The van der Waals surface area contributed by atoms with E-state index >= 15 is 0 Å². The van der Waals surface area contributed by atoms with Crippen molar-refractivity contribution in [1.29, 1.82) is 0 Å². The number of nitrogens with zero attached hydrogens (tertiary/aromatic N) is 4. The van der Waals surface area contributed by atoms with Gasteiger partial charge in [0.2, 0.25) is 5.13 Å². The molecule has 3 aromatic rings. The van der Waals surface area contributed by atoms with Crippen LogP contribution >= 0.6 is 22.9 Å². The van der Waals surface area contributed by atoms with Gasteiger partial charge in [-0.25, -0.2) is 4.98 Å². The van der Waals surface area contributed by atoms with Crippen LogP contribution in [0.2, 0.25) is 5.15 Å². The summed E-state index contributed by atoms with van der Waals surface area (Å²) < 4.78 is 42.4. The first-order valence-corrected chi connectivity index (χ1v) is 9.73. The number of carbonyl (C=O) groups excluding carboxylic acids is 1. The van der Waals surface area contributed by atoms with Gasteiger partial charge in [-0.1, -0.05) is 22.9 Å². The van der Waals surface area contributed by atoms with Crippen LogP contribution in [0.4, 0.5) is 18.3 Å². The van der Waals surface area contributed by atoms with Crippen molar-refractivity contribution < 1.29 is 22.7 Å². The maximum absolute atomic E-state index is 12.8. The average Bonchev–Trinajstić information content (AvgIpc) is 3.13. The number of alkyl halides is 3. The average molecular weight is 458 g/mol. The molecule has 1 amide bonds. The van der Waals surface area contributed by atoms with Crippen LogP contribution in [-0.2, 0) is 6.42 Å². The first-order valence-electron chi connectivity index (χ1n) is 8.53. The van der Waals surface area contributed by atoms with Crippen molar-refractivity contribution in [1.82, 2.24) is 20.2 Å². The highest BCUT2D eigenvalue weighted by atomic mass is 35.5. The summed E-state index contributed by atoms with van der Waals surface area (Å²) in [6, 6.07) is 3.25. The second-order valence-electron chi connectivity index (χ2n) is 6.15. The number of anilines is 1. The van der Waals surface area contributed by atoms with E-state index in [0.717, 1.165) is 11.3 Å². The van der Waals surface area contributed by atoms with Gasteiger partial charge in [-0.05, 0) is 19.1 Å². The molecule has 0 aromatic carbocycles. The number of nitrogens with one attached hydrogen (secondary N) is 1. The Kier molecular flexibility index (Phi) is 6.52. The van der Waals surface area contributed by atoms with Crippen molar-refractivity contribution in [2.24, 2.45) is 0 Å². The fourth-order valence-corrected chi connectivity index (χ4v) is 3.46. The van der Waals surface area contributed by atoms with E-state index in [1.54, 1.807) is 19.1 Å². The summed E-state index contributed by atoms with van der Waals surface area (Å²) in [6.45, 7) is 1.76. The molecule has 0 bridgehead atoms. The van der Waals surface area contributed by atoms with Gasteiger partial charge in [-0.3, -0.25) is 15.1 Å². The van der Waals surface area contributed by atoms with E-state index < -0.39 is 18.5 Å². The SMILES string of the molecule is COc1cnc(Cl)cc1-c1cc(C)ncc1C(=O)Nc1nnc(CCC(F)(F)F)s1. The molecule has 0 spiro atoms. The minimum absolute atomic E-state index is 0.0865. The topological polar surface area (TPSA) is 89.9 Å². The third kappa shape index (κ3) is 5.42. The summed E-state index contributed by atoms with van der Waals surface area (Å²) in [4.78, 5) is 21.0. The highest BCUT2D eigenvalue weighted by Gasteiger charge is 2.27. The lowest BCUT2D eigenvalue weighted by atomic mass is 10.0. The van der Waals surface area contributed by atoms with Crippen molar-refractivity contribution in [3.05, 3.63) is 45.9 Å². The minimum atomic E-state index is -4.29.